The molecule has 1 fully saturated rings. The summed E-state index contributed by atoms with van der Waals surface area (Å²) in [6, 6.07) is 15.1. The van der Waals surface area contributed by atoms with Gasteiger partial charge in [0.25, 0.3) is 10.0 Å². The number of amides is 1. The van der Waals surface area contributed by atoms with Gasteiger partial charge >= 0.3 is 11.8 Å². The zero-order valence-corrected chi connectivity index (χ0v) is 29.1. The van der Waals surface area contributed by atoms with Crippen LogP contribution < -0.4 is 20.5 Å². The number of methoxy groups -OCH3 is 2. The number of rotatable bonds is 8. The van der Waals surface area contributed by atoms with Gasteiger partial charge in [-0.1, -0.05) is 30.3 Å². The summed E-state index contributed by atoms with van der Waals surface area (Å²) in [5, 5.41) is 17.0. The van der Waals surface area contributed by atoms with Gasteiger partial charge in [-0.05, 0) is 62.4 Å². The molecule has 0 atom stereocenters. The van der Waals surface area contributed by atoms with Gasteiger partial charge in [-0.25, -0.2) is 27.0 Å². The first-order chi connectivity index (χ1) is 23.9. The van der Waals surface area contributed by atoms with E-state index in [4.69, 9.17) is 14.5 Å². The van der Waals surface area contributed by atoms with Crippen LogP contribution in [0.4, 0.5) is 4.79 Å². The molecule has 0 unspecified atom stereocenters. The van der Waals surface area contributed by atoms with Crippen LogP contribution in [-0.2, 0) is 24.1 Å². The van der Waals surface area contributed by atoms with E-state index in [2.05, 4.69) is 10.4 Å². The molecule has 2 aromatic carbocycles. The first kappa shape index (κ1) is 33.0. The fourth-order valence-electron chi connectivity index (χ4n) is 7.26. The van der Waals surface area contributed by atoms with Crippen molar-refractivity contribution < 1.29 is 27.8 Å². The van der Waals surface area contributed by atoms with Crippen LogP contribution in [0.15, 0.2) is 76.7 Å². The molecule has 50 heavy (non-hydrogen) atoms. The molecule has 0 spiro atoms. The second kappa shape index (κ2) is 12.1. The Balaban J connectivity index is 1.64. The second-order valence-corrected chi connectivity index (χ2v) is 14.7. The summed E-state index contributed by atoms with van der Waals surface area (Å²) in [6.07, 6.45) is 4.19. The van der Waals surface area contributed by atoms with Crippen molar-refractivity contribution in [3.05, 3.63) is 77.5 Å². The standard InChI is InChI=1S/C35H37N7O7S/c1-35(37-33(43)44)17-15-22(16-18-35)41-30-26(40(3)34(41)45)19-36-31-28(30)27(21-11-13-23(48-4)14-12-21)29(25-20-39(2)38-32(25)49-5)42(31)50(46,47)24-9-7-6-8-10-24/h6-14,19-20,22,37H,15-18H2,1-5H3,(H,43,44). The lowest BCUT2D eigenvalue weighted by atomic mass is 9.80. The third kappa shape index (κ3) is 5.19. The van der Waals surface area contributed by atoms with Crippen LogP contribution in [0.1, 0.15) is 38.6 Å². The average molecular weight is 700 g/mol. The first-order valence-corrected chi connectivity index (χ1v) is 17.5. The van der Waals surface area contributed by atoms with Crippen LogP contribution in [0.25, 0.3) is 44.5 Å². The van der Waals surface area contributed by atoms with Gasteiger partial charge in [-0.2, -0.15) is 0 Å². The van der Waals surface area contributed by atoms with Crippen molar-refractivity contribution in [2.24, 2.45) is 14.1 Å². The maximum absolute atomic E-state index is 14.9. The third-order valence-electron chi connectivity index (χ3n) is 9.73. The van der Waals surface area contributed by atoms with Crippen LogP contribution in [0.3, 0.4) is 0 Å². The van der Waals surface area contributed by atoms with Gasteiger partial charge < -0.3 is 19.9 Å². The molecule has 1 aliphatic carbocycles. The molecule has 0 radical (unpaired) electrons. The van der Waals surface area contributed by atoms with Crippen molar-refractivity contribution in [2.75, 3.05) is 14.2 Å². The predicted molar refractivity (Wildman–Crippen MR) is 187 cm³/mol. The van der Waals surface area contributed by atoms with E-state index >= 15 is 0 Å². The Bertz CT molecular complexity index is 2430. The summed E-state index contributed by atoms with van der Waals surface area (Å²) < 4.78 is 46.9. The fraction of sp³-hybridized carbons (Fsp3) is 0.314. The summed E-state index contributed by atoms with van der Waals surface area (Å²) in [5.74, 6) is 0.809. The van der Waals surface area contributed by atoms with E-state index < -0.39 is 21.7 Å². The highest BCUT2D eigenvalue weighted by molar-refractivity contribution is 7.90. The molecule has 7 rings (SSSR count). The third-order valence-corrected chi connectivity index (χ3v) is 11.4. The largest absolute Gasteiger partial charge is 0.497 e. The van der Waals surface area contributed by atoms with E-state index in [-0.39, 0.29) is 33.8 Å². The van der Waals surface area contributed by atoms with Gasteiger partial charge in [0.2, 0.25) is 5.88 Å². The number of carbonyl (C=O) groups is 1. The molecular formula is C35H37N7O7S. The number of nitrogens with one attached hydrogen (secondary N) is 1. The minimum Gasteiger partial charge on any atom is -0.497 e. The summed E-state index contributed by atoms with van der Waals surface area (Å²) in [6.45, 7) is 1.87. The number of hydrogen-bond acceptors (Lipinski definition) is 8. The Morgan fingerprint density at radius 3 is 2.32 bits per heavy atom. The SMILES string of the molecule is COc1ccc(-c2c(-c3cn(C)nc3OC)n(S(=O)(=O)c3ccccc3)c3ncc4c(c23)n(C2CCC(C)(NC(=O)O)CC2)c(=O)n4C)cc1. The van der Waals surface area contributed by atoms with E-state index in [1.807, 2.05) is 19.1 Å². The number of nitrogens with zero attached hydrogens (tertiary/aromatic N) is 6. The molecule has 0 aliphatic heterocycles. The number of carboxylic acid groups (broad SMARTS) is 1. The minimum atomic E-state index is -4.32. The quantitative estimate of drug-likeness (QED) is 0.219. The molecule has 260 valence electrons. The number of aromatic nitrogens is 6. The molecule has 2 N–H and O–H groups in total. The lowest BCUT2D eigenvalue weighted by Crippen LogP contribution is -2.48. The van der Waals surface area contributed by atoms with Gasteiger partial charge in [0.15, 0.2) is 5.65 Å². The number of fused-ring (bicyclic) bond motifs is 3. The summed E-state index contributed by atoms with van der Waals surface area (Å²) in [7, 11) is 2.11. The highest BCUT2D eigenvalue weighted by atomic mass is 32.2. The highest BCUT2D eigenvalue weighted by Crippen LogP contribution is 2.48. The first-order valence-electron chi connectivity index (χ1n) is 16.1. The number of pyridine rings is 1. The van der Waals surface area contributed by atoms with Crippen molar-refractivity contribution in [2.45, 2.75) is 49.1 Å². The Kier molecular flexibility index (Phi) is 7.97. The summed E-state index contributed by atoms with van der Waals surface area (Å²) in [5.41, 5.74) is 2.09. The van der Waals surface area contributed by atoms with Crippen LogP contribution in [0.2, 0.25) is 0 Å². The molecule has 15 heteroatoms. The molecule has 6 aromatic rings. The Hall–Kier alpha value is -5.57. The normalized spacial score (nSPS) is 18.1. The molecule has 0 bridgehead atoms. The number of ether oxygens (including phenoxy) is 2. The topological polar surface area (TPSA) is 164 Å². The van der Waals surface area contributed by atoms with Crippen molar-refractivity contribution in [3.63, 3.8) is 0 Å². The van der Waals surface area contributed by atoms with E-state index in [0.29, 0.717) is 64.5 Å². The molecule has 1 saturated carbocycles. The van der Waals surface area contributed by atoms with E-state index in [9.17, 15) is 23.1 Å². The van der Waals surface area contributed by atoms with Crippen LogP contribution in [0.5, 0.6) is 11.6 Å². The molecule has 1 aliphatic rings. The number of hydrogen-bond donors (Lipinski definition) is 2. The van der Waals surface area contributed by atoms with Gasteiger partial charge in [0.1, 0.15) is 5.75 Å². The number of imidazole rings is 1. The van der Waals surface area contributed by atoms with Crippen LogP contribution >= 0.6 is 0 Å². The number of aryl methyl sites for hydroxylation is 2. The molecule has 4 aromatic heterocycles. The average Bonchev–Trinajstić information content (AvgIpc) is 3.74. The molecule has 0 saturated heterocycles. The highest BCUT2D eigenvalue weighted by Gasteiger charge is 2.37. The molecule has 1 amide bonds. The van der Waals surface area contributed by atoms with Gasteiger partial charge in [-0.3, -0.25) is 13.8 Å². The Labute approximate surface area is 287 Å². The fourth-order valence-corrected chi connectivity index (χ4v) is 8.77. The van der Waals surface area contributed by atoms with Crippen molar-refractivity contribution in [1.82, 2.24) is 33.2 Å². The van der Waals surface area contributed by atoms with E-state index in [1.165, 1.54) is 34.0 Å². The summed E-state index contributed by atoms with van der Waals surface area (Å²) in [4.78, 5) is 30.6. The van der Waals surface area contributed by atoms with E-state index in [0.717, 1.165) is 0 Å². The van der Waals surface area contributed by atoms with Gasteiger partial charge in [0.05, 0.1) is 53.0 Å². The lowest BCUT2D eigenvalue weighted by Gasteiger charge is -2.37. The van der Waals surface area contributed by atoms with Crippen molar-refractivity contribution >= 4 is 38.2 Å². The number of benzene rings is 2. The molecular weight excluding hydrogens is 662 g/mol. The Morgan fingerprint density at radius 2 is 1.70 bits per heavy atom. The van der Waals surface area contributed by atoms with Crippen molar-refractivity contribution in [3.8, 4) is 34.0 Å². The smallest absolute Gasteiger partial charge is 0.405 e. The predicted octanol–water partition coefficient (Wildman–Crippen LogP) is 5.15. The molecule has 14 nitrogen and oxygen atoms in total. The van der Waals surface area contributed by atoms with Gasteiger partial charge in [-0.15, -0.1) is 5.10 Å². The maximum atomic E-state index is 14.9. The monoisotopic (exact) mass is 699 g/mol. The van der Waals surface area contributed by atoms with Crippen molar-refractivity contribution in [1.29, 1.82) is 0 Å². The summed E-state index contributed by atoms with van der Waals surface area (Å²) >= 11 is 0. The Morgan fingerprint density at radius 1 is 1.02 bits per heavy atom. The van der Waals surface area contributed by atoms with Crippen LogP contribution in [0, 0.1) is 0 Å². The molecule has 4 heterocycles. The minimum absolute atomic E-state index is 0.0483. The lowest BCUT2D eigenvalue weighted by molar-refractivity contribution is 0.158. The maximum Gasteiger partial charge on any atom is 0.405 e. The van der Waals surface area contributed by atoms with Crippen LogP contribution in [-0.4, -0.2) is 67.2 Å². The van der Waals surface area contributed by atoms with E-state index in [1.54, 1.807) is 67.0 Å². The second-order valence-electron chi connectivity index (χ2n) is 12.9. The zero-order chi connectivity index (χ0) is 35.5. The van der Waals surface area contributed by atoms with Gasteiger partial charge in [0, 0.05) is 37.4 Å². The zero-order valence-electron chi connectivity index (χ0n) is 28.2.